The molecular weight excluding hydrogens is 214 g/mol. The molecule has 0 aromatic carbocycles. The molecule has 0 heterocycles. The van der Waals surface area contributed by atoms with Crippen molar-refractivity contribution in [2.45, 2.75) is 66.0 Å². The summed E-state index contributed by atoms with van der Waals surface area (Å²) in [5, 5.41) is 10.1. The Kier molecular flexibility index (Phi) is 7.44. The summed E-state index contributed by atoms with van der Waals surface area (Å²) in [6.07, 6.45) is 1.79. The Morgan fingerprint density at radius 3 is 2.06 bits per heavy atom. The molecule has 0 fully saturated rings. The van der Waals surface area contributed by atoms with Crippen LogP contribution in [-0.2, 0) is 4.79 Å². The lowest BCUT2D eigenvalue weighted by molar-refractivity contribution is -0.136. The number of carbonyl (C=O) groups excluding carboxylic acids is 1. The number of hydrogen-bond acceptors (Lipinski definition) is 2. The smallest absolute Gasteiger partial charge is 0.222 e. The number of nitrogens with zero attached hydrogens (tertiary/aromatic N) is 1. The molecule has 0 rings (SSSR count). The predicted molar refractivity (Wildman–Crippen MR) is 71.8 cm³/mol. The maximum atomic E-state index is 12.1. The Balaban J connectivity index is 4.73. The molecule has 3 heteroatoms. The Labute approximate surface area is 106 Å². The third kappa shape index (κ3) is 5.07. The van der Waals surface area contributed by atoms with Crippen LogP contribution in [0.3, 0.4) is 0 Å². The van der Waals surface area contributed by atoms with Gasteiger partial charge in [-0.3, -0.25) is 4.79 Å². The van der Waals surface area contributed by atoms with E-state index in [-0.39, 0.29) is 11.9 Å². The molecule has 1 amide bonds. The summed E-state index contributed by atoms with van der Waals surface area (Å²) < 4.78 is 0. The van der Waals surface area contributed by atoms with Crippen molar-refractivity contribution in [3.05, 3.63) is 0 Å². The monoisotopic (exact) mass is 243 g/mol. The second kappa shape index (κ2) is 7.70. The molecule has 0 saturated carbocycles. The van der Waals surface area contributed by atoms with Crippen molar-refractivity contribution < 1.29 is 9.90 Å². The van der Waals surface area contributed by atoms with E-state index in [2.05, 4.69) is 13.8 Å². The van der Waals surface area contributed by atoms with E-state index in [4.69, 9.17) is 0 Å². The number of hydrogen-bond donors (Lipinski definition) is 1. The van der Waals surface area contributed by atoms with E-state index in [1.54, 1.807) is 4.90 Å². The molecule has 0 aliphatic rings. The van der Waals surface area contributed by atoms with Crippen molar-refractivity contribution in [1.82, 2.24) is 4.90 Å². The maximum absolute atomic E-state index is 12.1. The van der Waals surface area contributed by atoms with Gasteiger partial charge >= 0.3 is 0 Å². The summed E-state index contributed by atoms with van der Waals surface area (Å²) in [6.45, 7) is 10.2. The van der Waals surface area contributed by atoms with E-state index in [0.29, 0.717) is 24.7 Å². The highest BCUT2D eigenvalue weighted by atomic mass is 16.3. The molecule has 3 unspecified atom stereocenters. The molecule has 0 aliphatic carbocycles. The van der Waals surface area contributed by atoms with Crippen LogP contribution in [0.25, 0.3) is 0 Å². The quantitative estimate of drug-likeness (QED) is 0.747. The average Bonchev–Trinajstić information content (AvgIpc) is 2.27. The minimum Gasteiger partial charge on any atom is -0.391 e. The zero-order valence-corrected chi connectivity index (χ0v) is 12.2. The van der Waals surface area contributed by atoms with Gasteiger partial charge < -0.3 is 10.0 Å². The topological polar surface area (TPSA) is 40.5 Å². The predicted octanol–water partition coefficient (Wildman–Crippen LogP) is 2.68. The first-order valence-corrected chi connectivity index (χ1v) is 6.78. The lowest BCUT2D eigenvalue weighted by atomic mass is 9.91. The third-order valence-electron chi connectivity index (χ3n) is 3.46. The molecule has 102 valence electrons. The molecule has 0 radical (unpaired) electrons. The Bertz CT molecular complexity index is 218. The number of likely N-dealkylation sites (N-methyl/N-ethyl adjacent to an activating group) is 1. The van der Waals surface area contributed by atoms with Crippen LogP contribution in [-0.4, -0.2) is 35.1 Å². The summed E-state index contributed by atoms with van der Waals surface area (Å²) in [7, 11) is 1.82. The van der Waals surface area contributed by atoms with E-state index in [1.165, 1.54) is 0 Å². The molecule has 0 bridgehead atoms. The van der Waals surface area contributed by atoms with Gasteiger partial charge in [0.2, 0.25) is 5.91 Å². The van der Waals surface area contributed by atoms with Crippen LogP contribution in [0.2, 0.25) is 0 Å². The SMILES string of the molecule is CCC(C)C(C(O)CC)N(C)C(=O)CC(C)C. The summed E-state index contributed by atoms with van der Waals surface area (Å²) in [5.74, 6) is 0.824. The van der Waals surface area contributed by atoms with Crippen LogP contribution in [0, 0.1) is 11.8 Å². The zero-order valence-electron chi connectivity index (χ0n) is 12.2. The maximum Gasteiger partial charge on any atom is 0.222 e. The van der Waals surface area contributed by atoms with Gasteiger partial charge in [-0.2, -0.15) is 0 Å². The highest BCUT2D eigenvalue weighted by Gasteiger charge is 2.29. The summed E-state index contributed by atoms with van der Waals surface area (Å²) in [6, 6.07) is -0.0590. The first-order chi connectivity index (χ1) is 7.84. The van der Waals surface area contributed by atoms with Crippen molar-refractivity contribution in [3.63, 3.8) is 0 Å². The van der Waals surface area contributed by atoms with E-state index < -0.39 is 6.10 Å². The van der Waals surface area contributed by atoms with Crippen LogP contribution >= 0.6 is 0 Å². The van der Waals surface area contributed by atoms with Gasteiger partial charge in [0.25, 0.3) is 0 Å². The molecular formula is C14H29NO2. The Morgan fingerprint density at radius 1 is 1.18 bits per heavy atom. The lowest BCUT2D eigenvalue weighted by Crippen LogP contribution is -2.48. The number of rotatable bonds is 7. The van der Waals surface area contributed by atoms with Gasteiger partial charge in [0, 0.05) is 13.5 Å². The van der Waals surface area contributed by atoms with Crippen molar-refractivity contribution in [3.8, 4) is 0 Å². The summed E-state index contributed by atoms with van der Waals surface area (Å²) in [4.78, 5) is 13.8. The van der Waals surface area contributed by atoms with Crippen LogP contribution in [0.1, 0.15) is 53.9 Å². The second-order valence-electron chi connectivity index (χ2n) is 5.45. The highest BCUT2D eigenvalue weighted by Crippen LogP contribution is 2.20. The number of carbonyl (C=O) groups is 1. The second-order valence-corrected chi connectivity index (χ2v) is 5.45. The Hall–Kier alpha value is -0.570. The van der Waals surface area contributed by atoms with Gasteiger partial charge in [0.15, 0.2) is 0 Å². The first kappa shape index (κ1) is 16.4. The minimum absolute atomic E-state index is 0.0590. The van der Waals surface area contributed by atoms with Crippen LogP contribution < -0.4 is 0 Å². The average molecular weight is 243 g/mol. The fraction of sp³-hybridized carbons (Fsp3) is 0.929. The van der Waals surface area contributed by atoms with Crippen LogP contribution in [0.4, 0.5) is 0 Å². The van der Waals surface area contributed by atoms with E-state index in [0.717, 1.165) is 6.42 Å². The van der Waals surface area contributed by atoms with Crippen molar-refractivity contribution in [2.24, 2.45) is 11.8 Å². The minimum atomic E-state index is -0.425. The molecule has 0 aromatic heterocycles. The van der Waals surface area contributed by atoms with E-state index >= 15 is 0 Å². The molecule has 17 heavy (non-hydrogen) atoms. The number of aliphatic hydroxyl groups excluding tert-OH is 1. The lowest BCUT2D eigenvalue weighted by Gasteiger charge is -2.36. The van der Waals surface area contributed by atoms with E-state index in [9.17, 15) is 9.90 Å². The number of aliphatic hydroxyl groups is 1. The highest BCUT2D eigenvalue weighted by molar-refractivity contribution is 5.76. The first-order valence-electron chi connectivity index (χ1n) is 6.78. The van der Waals surface area contributed by atoms with E-state index in [1.807, 2.05) is 27.8 Å². The molecule has 3 atom stereocenters. The fourth-order valence-electron chi connectivity index (χ4n) is 2.16. The molecule has 1 N–H and O–H groups in total. The zero-order chi connectivity index (χ0) is 13.6. The van der Waals surface area contributed by atoms with Crippen molar-refractivity contribution >= 4 is 5.91 Å². The molecule has 3 nitrogen and oxygen atoms in total. The van der Waals surface area contributed by atoms with Gasteiger partial charge in [-0.25, -0.2) is 0 Å². The van der Waals surface area contributed by atoms with Crippen LogP contribution in [0.5, 0.6) is 0 Å². The molecule has 0 saturated heterocycles. The van der Waals surface area contributed by atoms with Gasteiger partial charge in [-0.1, -0.05) is 41.0 Å². The summed E-state index contributed by atoms with van der Waals surface area (Å²) in [5.41, 5.74) is 0. The summed E-state index contributed by atoms with van der Waals surface area (Å²) >= 11 is 0. The van der Waals surface area contributed by atoms with Crippen molar-refractivity contribution in [2.75, 3.05) is 7.05 Å². The standard InChI is InChI=1S/C14H29NO2/c1-7-11(5)14(12(16)8-2)15(6)13(17)9-10(3)4/h10-12,14,16H,7-9H2,1-6H3. The van der Waals surface area contributed by atoms with Gasteiger partial charge in [0.05, 0.1) is 12.1 Å². The fourth-order valence-corrected chi connectivity index (χ4v) is 2.16. The largest absolute Gasteiger partial charge is 0.391 e. The van der Waals surface area contributed by atoms with Crippen LogP contribution in [0.15, 0.2) is 0 Å². The van der Waals surface area contributed by atoms with Crippen molar-refractivity contribution in [1.29, 1.82) is 0 Å². The molecule has 0 aromatic rings. The Morgan fingerprint density at radius 2 is 1.71 bits per heavy atom. The van der Waals surface area contributed by atoms with Gasteiger partial charge in [0.1, 0.15) is 0 Å². The van der Waals surface area contributed by atoms with Gasteiger partial charge in [-0.05, 0) is 18.3 Å². The normalized spacial score (nSPS) is 16.7. The molecule has 0 spiro atoms. The van der Waals surface area contributed by atoms with Gasteiger partial charge in [-0.15, -0.1) is 0 Å². The number of amides is 1. The third-order valence-corrected chi connectivity index (χ3v) is 3.46. The molecule has 0 aliphatic heterocycles.